The fraction of sp³-hybridized carbons (Fsp3) is 0.323. The molecule has 0 atom stereocenters. The molecule has 4 rings (SSSR count). The zero-order valence-electron chi connectivity index (χ0n) is 23.7. The summed E-state index contributed by atoms with van der Waals surface area (Å²) in [4.78, 5) is 35.5. The van der Waals surface area contributed by atoms with Gasteiger partial charge in [-0.3, -0.25) is 9.20 Å². The zero-order valence-corrected chi connectivity index (χ0v) is 23.7. The Labute approximate surface area is 234 Å². The van der Waals surface area contributed by atoms with Gasteiger partial charge < -0.3 is 15.0 Å². The molecular formula is C31H34N6O3. The maximum Gasteiger partial charge on any atom is 0.407 e. The first-order valence-electron chi connectivity index (χ1n) is 13.0. The lowest BCUT2D eigenvalue weighted by Crippen LogP contribution is -2.38. The smallest absolute Gasteiger partial charge is 0.407 e. The molecule has 0 aliphatic rings. The number of ether oxygens (including phenoxy) is 1. The van der Waals surface area contributed by atoms with Gasteiger partial charge in [-0.1, -0.05) is 38.1 Å². The van der Waals surface area contributed by atoms with Crippen molar-refractivity contribution in [1.29, 1.82) is 5.26 Å². The Morgan fingerprint density at radius 1 is 1.00 bits per heavy atom. The van der Waals surface area contributed by atoms with Crippen LogP contribution < -0.4 is 10.2 Å². The molecule has 9 nitrogen and oxygen atoms in total. The van der Waals surface area contributed by atoms with E-state index in [1.165, 1.54) is 4.90 Å². The highest BCUT2D eigenvalue weighted by Crippen LogP contribution is 2.26. The van der Waals surface area contributed by atoms with Crippen molar-refractivity contribution in [2.45, 2.75) is 46.6 Å². The SMILES string of the molecule is CN(C(=O)c1cn2c(-c3ccc(CC(C)(C)CNC(=O)OC(C)(C)C)cc3)cnc2cn1)c1ccc(C#N)cc1. The zero-order chi connectivity index (χ0) is 29.1. The number of fused-ring (bicyclic) bond motifs is 1. The molecule has 0 aliphatic heterocycles. The van der Waals surface area contributed by atoms with Gasteiger partial charge in [-0.05, 0) is 62.4 Å². The van der Waals surface area contributed by atoms with Crippen LogP contribution >= 0.6 is 0 Å². The summed E-state index contributed by atoms with van der Waals surface area (Å²) in [5.74, 6) is -0.274. The normalized spacial score (nSPS) is 11.6. The van der Waals surface area contributed by atoms with Crippen LogP contribution in [0.2, 0.25) is 0 Å². The summed E-state index contributed by atoms with van der Waals surface area (Å²) in [6, 6.07) is 17.1. The van der Waals surface area contributed by atoms with Crippen LogP contribution in [-0.2, 0) is 11.2 Å². The number of hydrogen-bond acceptors (Lipinski definition) is 6. The Morgan fingerprint density at radius 3 is 2.30 bits per heavy atom. The Bertz CT molecular complexity index is 1560. The number of hydrogen-bond donors (Lipinski definition) is 1. The third-order valence-electron chi connectivity index (χ3n) is 6.35. The molecule has 40 heavy (non-hydrogen) atoms. The quantitative estimate of drug-likeness (QED) is 0.326. The summed E-state index contributed by atoms with van der Waals surface area (Å²) in [6.07, 6.45) is 5.39. The van der Waals surface area contributed by atoms with Gasteiger partial charge in [0.15, 0.2) is 5.65 Å². The van der Waals surface area contributed by atoms with E-state index in [-0.39, 0.29) is 17.0 Å². The van der Waals surface area contributed by atoms with Gasteiger partial charge in [-0.25, -0.2) is 14.8 Å². The van der Waals surface area contributed by atoms with E-state index in [0.717, 1.165) is 23.2 Å². The van der Waals surface area contributed by atoms with Gasteiger partial charge in [-0.15, -0.1) is 0 Å². The molecule has 2 aromatic heterocycles. The molecule has 206 valence electrons. The van der Waals surface area contributed by atoms with Crippen LogP contribution in [0, 0.1) is 16.7 Å². The van der Waals surface area contributed by atoms with E-state index in [9.17, 15) is 9.59 Å². The summed E-state index contributed by atoms with van der Waals surface area (Å²) in [6.45, 7) is 10.2. The standard InChI is InChI=1S/C31H34N6O3/c1-30(2,3)40-29(39)35-20-31(4,5)15-21-7-11-23(12-8-21)26-17-34-27-18-33-25(19-37(26)27)28(38)36(6)24-13-9-22(16-32)10-14-24/h7-14,17-19H,15,20H2,1-6H3,(H,35,39). The summed E-state index contributed by atoms with van der Waals surface area (Å²) in [5.41, 5.74) is 4.30. The van der Waals surface area contributed by atoms with E-state index in [2.05, 4.69) is 47.3 Å². The molecule has 0 fully saturated rings. The number of imidazole rings is 1. The summed E-state index contributed by atoms with van der Waals surface area (Å²) in [5, 5.41) is 11.9. The molecule has 1 N–H and O–H groups in total. The maximum atomic E-state index is 13.2. The molecule has 0 bridgehead atoms. The van der Waals surface area contributed by atoms with Gasteiger partial charge in [-0.2, -0.15) is 5.26 Å². The monoisotopic (exact) mass is 538 g/mol. The Balaban J connectivity index is 1.48. The maximum absolute atomic E-state index is 13.2. The van der Waals surface area contributed by atoms with Crippen LogP contribution in [0.3, 0.4) is 0 Å². The molecular weight excluding hydrogens is 504 g/mol. The topological polar surface area (TPSA) is 113 Å². The second-order valence-corrected chi connectivity index (χ2v) is 11.6. The lowest BCUT2D eigenvalue weighted by Gasteiger charge is -2.26. The lowest BCUT2D eigenvalue weighted by atomic mass is 9.85. The van der Waals surface area contributed by atoms with Crippen molar-refractivity contribution < 1.29 is 14.3 Å². The van der Waals surface area contributed by atoms with Crippen molar-refractivity contribution in [3.63, 3.8) is 0 Å². The third-order valence-corrected chi connectivity index (χ3v) is 6.35. The molecule has 4 aromatic rings. The summed E-state index contributed by atoms with van der Waals surface area (Å²) >= 11 is 0. The number of benzene rings is 2. The minimum absolute atomic E-state index is 0.177. The molecule has 2 aromatic carbocycles. The molecule has 0 spiro atoms. The predicted octanol–water partition coefficient (Wildman–Crippen LogP) is 5.64. The molecule has 0 unspecified atom stereocenters. The summed E-state index contributed by atoms with van der Waals surface area (Å²) < 4.78 is 7.20. The van der Waals surface area contributed by atoms with Crippen molar-refractivity contribution in [2.75, 3.05) is 18.5 Å². The molecule has 0 saturated carbocycles. The number of amides is 2. The molecule has 2 amide bonds. The van der Waals surface area contributed by atoms with E-state index in [0.29, 0.717) is 23.4 Å². The van der Waals surface area contributed by atoms with Gasteiger partial charge in [0.1, 0.15) is 11.3 Å². The van der Waals surface area contributed by atoms with Gasteiger partial charge in [0.25, 0.3) is 5.91 Å². The van der Waals surface area contributed by atoms with E-state index in [1.54, 1.807) is 49.9 Å². The van der Waals surface area contributed by atoms with Crippen molar-refractivity contribution >= 4 is 23.3 Å². The van der Waals surface area contributed by atoms with Crippen LogP contribution in [0.15, 0.2) is 67.1 Å². The lowest BCUT2D eigenvalue weighted by molar-refractivity contribution is 0.0506. The Hall–Kier alpha value is -4.71. The van der Waals surface area contributed by atoms with Crippen LogP contribution in [0.4, 0.5) is 10.5 Å². The third kappa shape index (κ3) is 6.83. The van der Waals surface area contributed by atoms with Crippen LogP contribution in [-0.4, -0.2) is 45.6 Å². The highest BCUT2D eigenvalue weighted by atomic mass is 16.6. The Kier molecular flexibility index (Phi) is 7.91. The first-order valence-corrected chi connectivity index (χ1v) is 13.0. The average molecular weight is 539 g/mol. The fourth-order valence-corrected chi connectivity index (χ4v) is 4.30. The minimum Gasteiger partial charge on any atom is -0.444 e. The largest absolute Gasteiger partial charge is 0.444 e. The van der Waals surface area contributed by atoms with Crippen LogP contribution in [0.25, 0.3) is 16.9 Å². The van der Waals surface area contributed by atoms with Crippen molar-refractivity contribution in [3.05, 3.63) is 83.9 Å². The predicted molar refractivity (Wildman–Crippen MR) is 154 cm³/mol. The second-order valence-electron chi connectivity index (χ2n) is 11.6. The van der Waals surface area contributed by atoms with Crippen LogP contribution in [0.1, 0.15) is 56.2 Å². The number of nitrogens with one attached hydrogen (secondary N) is 1. The minimum atomic E-state index is -0.535. The number of anilines is 1. The Morgan fingerprint density at radius 2 is 1.68 bits per heavy atom. The van der Waals surface area contributed by atoms with Crippen molar-refractivity contribution in [1.82, 2.24) is 19.7 Å². The van der Waals surface area contributed by atoms with Crippen molar-refractivity contribution in [2.24, 2.45) is 5.41 Å². The van der Waals surface area contributed by atoms with Gasteiger partial charge in [0.2, 0.25) is 0 Å². The molecule has 0 aliphatic carbocycles. The van der Waals surface area contributed by atoms with Gasteiger partial charge >= 0.3 is 6.09 Å². The molecule has 2 heterocycles. The molecule has 0 radical (unpaired) electrons. The molecule has 9 heteroatoms. The fourth-order valence-electron chi connectivity index (χ4n) is 4.30. The number of nitrogens with zero attached hydrogens (tertiary/aromatic N) is 5. The highest BCUT2D eigenvalue weighted by molar-refractivity contribution is 6.04. The van der Waals surface area contributed by atoms with E-state index in [4.69, 9.17) is 10.00 Å². The van der Waals surface area contributed by atoms with E-state index >= 15 is 0 Å². The first kappa shape index (κ1) is 28.3. The van der Waals surface area contributed by atoms with Gasteiger partial charge in [0.05, 0.1) is 29.7 Å². The van der Waals surface area contributed by atoms with Gasteiger partial charge in [0, 0.05) is 31.0 Å². The van der Waals surface area contributed by atoms with Crippen LogP contribution in [0.5, 0.6) is 0 Å². The number of aromatic nitrogens is 3. The number of nitriles is 1. The number of carbonyl (C=O) groups excluding carboxylic acids is 2. The molecule has 0 saturated heterocycles. The van der Waals surface area contributed by atoms with E-state index < -0.39 is 11.7 Å². The number of rotatable bonds is 7. The van der Waals surface area contributed by atoms with Crippen molar-refractivity contribution in [3.8, 4) is 17.3 Å². The first-order chi connectivity index (χ1) is 18.8. The number of carbonyl (C=O) groups is 2. The second kappa shape index (κ2) is 11.2. The highest BCUT2D eigenvalue weighted by Gasteiger charge is 2.23. The average Bonchev–Trinajstić information content (AvgIpc) is 3.34. The number of alkyl carbamates (subject to hydrolysis) is 1. The summed E-state index contributed by atoms with van der Waals surface area (Å²) in [7, 11) is 1.67. The van der Waals surface area contributed by atoms with E-state index in [1.807, 2.05) is 37.3 Å².